The van der Waals surface area contributed by atoms with Crippen LogP contribution in [0.15, 0.2) is 0 Å². The van der Waals surface area contributed by atoms with Crippen molar-refractivity contribution >= 4 is 18.0 Å². The summed E-state index contributed by atoms with van der Waals surface area (Å²) in [5.41, 5.74) is 26.7. The normalized spacial score (nSPS) is 22.7. The number of likely N-dealkylation sites (N-methyl/N-ethyl adjacent to an activating group) is 2. The number of nitrogens with zero attached hydrogens (tertiary/aromatic N) is 2. The van der Waals surface area contributed by atoms with Gasteiger partial charge in [-0.25, -0.2) is 4.79 Å². The van der Waals surface area contributed by atoms with Crippen LogP contribution in [0.4, 0.5) is 4.79 Å². The van der Waals surface area contributed by atoms with Crippen LogP contribution in [-0.4, -0.2) is 54.2 Å². The lowest BCUT2D eigenvalue weighted by Crippen LogP contribution is -2.94. The summed E-state index contributed by atoms with van der Waals surface area (Å²) in [6.07, 6.45) is -0.868. The Morgan fingerprint density at radius 1 is 1.00 bits per heavy atom. The number of carbonyl (C=O) groups is 1. The van der Waals surface area contributed by atoms with E-state index in [9.17, 15) is 4.79 Å². The molecule has 2 amide bonds. The third kappa shape index (κ3) is 2.75. The Bertz CT molecular complexity index is 336. The standard InChI is InChI=1S/C7H18N10O/c1-16-3(12-14-5(8)9)4(13-15-6(10)11)17(2)7(16)18/h3-4,12-13H,1-2H3,(H4,8,9,14)(H4,10,11,15)/p+2. The molecule has 1 rings (SSSR count). The van der Waals surface area contributed by atoms with Gasteiger partial charge < -0.3 is 9.80 Å². The maximum Gasteiger partial charge on any atom is 0.360 e. The van der Waals surface area contributed by atoms with Crippen LogP contribution in [0.1, 0.15) is 0 Å². The Hall–Kier alpha value is -2.59. The van der Waals surface area contributed by atoms with E-state index in [2.05, 4.69) is 21.1 Å². The van der Waals surface area contributed by atoms with E-state index in [4.69, 9.17) is 22.9 Å². The van der Waals surface area contributed by atoms with Crippen LogP contribution in [-0.2, 0) is 0 Å². The van der Waals surface area contributed by atoms with E-state index < -0.39 is 12.3 Å². The van der Waals surface area contributed by atoms with Gasteiger partial charge in [-0.2, -0.15) is 10.2 Å². The van der Waals surface area contributed by atoms with Crippen LogP contribution in [0.3, 0.4) is 0 Å². The highest BCUT2D eigenvalue weighted by molar-refractivity contribution is 5.77. The first-order chi connectivity index (χ1) is 8.34. The first kappa shape index (κ1) is 13.5. The zero-order chi connectivity index (χ0) is 13.9. The number of hydrogen-bond acceptors (Lipinski definition) is 3. The van der Waals surface area contributed by atoms with Crippen LogP contribution in [0.2, 0.25) is 0 Å². The first-order valence-corrected chi connectivity index (χ1v) is 5.13. The number of guanidine groups is 2. The van der Waals surface area contributed by atoms with Crippen LogP contribution >= 0.6 is 0 Å². The van der Waals surface area contributed by atoms with Crippen molar-refractivity contribution < 1.29 is 15.0 Å². The number of carbonyl (C=O) groups excluding carboxylic acids is 1. The van der Waals surface area contributed by atoms with Gasteiger partial charge in [0.25, 0.3) is 0 Å². The summed E-state index contributed by atoms with van der Waals surface area (Å²) < 4.78 is 0. The van der Waals surface area contributed by atoms with Gasteiger partial charge in [-0.3, -0.25) is 33.8 Å². The van der Waals surface area contributed by atoms with Gasteiger partial charge in [0.1, 0.15) is 0 Å². The minimum absolute atomic E-state index is 0.0120. The third-order valence-electron chi connectivity index (χ3n) is 2.47. The van der Waals surface area contributed by atoms with Gasteiger partial charge in [0.2, 0.25) is 0 Å². The second-order valence-corrected chi connectivity index (χ2v) is 3.84. The van der Waals surface area contributed by atoms with Gasteiger partial charge in [-0.1, -0.05) is 0 Å². The molecular weight excluding hydrogens is 240 g/mol. The summed E-state index contributed by atoms with van der Waals surface area (Å²) in [5.74, 6) is -0.0241. The largest absolute Gasteiger partial charge is 0.360 e. The van der Waals surface area contributed by atoms with Crippen LogP contribution in [0.5, 0.6) is 0 Å². The average molecular weight is 260 g/mol. The van der Waals surface area contributed by atoms with Gasteiger partial charge in [0, 0.05) is 14.1 Å². The summed E-state index contributed by atoms with van der Waals surface area (Å²) in [4.78, 5) is 14.7. The second-order valence-electron chi connectivity index (χ2n) is 3.84. The highest BCUT2D eigenvalue weighted by atomic mass is 16.2. The minimum atomic E-state index is -0.434. The van der Waals surface area contributed by atoms with E-state index >= 15 is 0 Å². The SMILES string of the molecule is CN1C(=O)N(C)C(N[NH+]=C(N)N)C1N[NH+]=C(N)N. The first-order valence-electron chi connectivity index (χ1n) is 5.13. The molecule has 0 radical (unpaired) electrons. The molecule has 2 atom stereocenters. The Labute approximate surface area is 104 Å². The molecule has 1 aliphatic heterocycles. The number of hydrogen-bond donors (Lipinski definition) is 8. The molecule has 2 unspecified atom stereocenters. The van der Waals surface area contributed by atoms with Crippen molar-refractivity contribution in [2.45, 2.75) is 12.3 Å². The highest BCUT2D eigenvalue weighted by Crippen LogP contribution is 2.13. The van der Waals surface area contributed by atoms with E-state index in [1.54, 1.807) is 14.1 Å². The molecule has 11 nitrogen and oxygen atoms in total. The van der Waals surface area contributed by atoms with Crippen molar-refractivity contribution in [1.82, 2.24) is 20.7 Å². The zero-order valence-electron chi connectivity index (χ0n) is 10.3. The molecule has 1 heterocycles. The molecule has 1 saturated heterocycles. The fraction of sp³-hybridized carbons (Fsp3) is 0.571. The fourth-order valence-corrected chi connectivity index (χ4v) is 1.58. The second kappa shape index (κ2) is 5.16. The quantitative estimate of drug-likeness (QED) is 0.140. The summed E-state index contributed by atoms with van der Waals surface area (Å²) in [7, 11) is 3.25. The predicted octanol–water partition coefficient (Wildman–Crippen LogP) is -7.65. The molecule has 11 heteroatoms. The Balaban J connectivity index is 2.84. The smallest absolute Gasteiger partial charge is 0.301 e. The van der Waals surface area contributed by atoms with Crippen molar-refractivity contribution in [2.24, 2.45) is 22.9 Å². The molecule has 1 aliphatic rings. The lowest BCUT2D eigenvalue weighted by atomic mass is 10.4. The number of nitrogens with two attached hydrogens (primary N) is 4. The molecule has 18 heavy (non-hydrogen) atoms. The number of amides is 2. The zero-order valence-corrected chi connectivity index (χ0v) is 10.3. The fourth-order valence-electron chi connectivity index (χ4n) is 1.58. The number of urea groups is 1. The van der Waals surface area contributed by atoms with E-state index in [1.807, 2.05) is 0 Å². The molecule has 0 saturated carbocycles. The van der Waals surface area contributed by atoms with Crippen molar-refractivity contribution in [3.05, 3.63) is 0 Å². The van der Waals surface area contributed by atoms with E-state index in [0.717, 1.165) is 0 Å². The number of hydrazone groups is 2. The third-order valence-corrected chi connectivity index (χ3v) is 2.47. The van der Waals surface area contributed by atoms with Crippen LogP contribution in [0.25, 0.3) is 0 Å². The molecule has 102 valence electrons. The van der Waals surface area contributed by atoms with Crippen LogP contribution < -0.4 is 44.0 Å². The van der Waals surface area contributed by atoms with Gasteiger partial charge in [-0.05, 0) is 0 Å². The summed E-state index contributed by atoms with van der Waals surface area (Å²) >= 11 is 0. The molecule has 0 bridgehead atoms. The highest BCUT2D eigenvalue weighted by Gasteiger charge is 2.42. The average Bonchev–Trinajstić information content (AvgIpc) is 2.48. The Kier molecular flexibility index (Phi) is 3.86. The number of nitrogens with one attached hydrogen (secondary N) is 4. The van der Waals surface area contributed by atoms with Gasteiger partial charge in [-0.15, -0.1) is 0 Å². The van der Waals surface area contributed by atoms with Crippen molar-refractivity contribution in [1.29, 1.82) is 0 Å². The monoisotopic (exact) mass is 260 g/mol. The predicted molar refractivity (Wildman–Crippen MR) is 63.5 cm³/mol. The van der Waals surface area contributed by atoms with Gasteiger partial charge in [0.05, 0.1) is 0 Å². The minimum Gasteiger partial charge on any atom is -0.301 e. The molecule has 0 aromatic carbocycles. The molecule has 1 fully saturated rings. The van der Waals surface area contributed by atoms with E-state index in [1.165, 1.54) is 9.80 Å². The van der Waals surface area contributed by atoms with E-state index in [0.29, 0.717) is 0 Å². The maximum absolute atomic E-state index is 11.8. The lowest BCUT2D eigenvalue weighted by Gasteiger charge is -2.23. The molecular formula is C7H20N10O+2. The number of rotatable bonds is 4. The molecule has 0 aromatic rings. The molecule has 0 aliphatic carbocycles. The summed E-state index contributed by atoms with van der Waals surface area (Å²) in [6, 6.07) is -0.195. The van der Waals surface area contributed by atoms with Crippen LogP contribution in [0, 0.1) is 0 Å². The van der Waals surface area contributed by atoms with E-state index in [-0.39, 0.29) is 18.0 Å². The summed E-state index contributed by atoms with van der Waals surface area (Å²) in [6.45, 7) is 0. The Morgan fingerprint density at radius 3 is 1.61 bits per heavy atom. The molecule has 0 aromatic heterocycles. The number of hydrazine groups is 2. The topological polar surface area (TPSA) is 180 Å². The summed E-state index contributed by atoms with van der Waals surface area (Å²) in [5, 5.41) is 5.08. The Morgan fingerprint density at radius 2 is 1.33 bits per heavy atom. The molecule has 12 N–H and O–H groups in total. The van der Waals surface area contributed by atoms with Gasteiger partial charge >= 0.3 is 18.0 Å². The lowest BCUT2D eigenvalue weighted by molar-refractivity contribution is -0.561. The molecule has 0 spiro atoms. The van der Waals surface area contributed by atoms with Gasteiger partial charge in [0.15, 0.2) is 12.3 Å². The maximum atomic E-state index is 11.8. The van der Waals surface area contributed by atoms with Crippen molar-refractivity contribution in [3.63, 3.8) is 0 Å². The van der Waals surface area contributed by atoms with Crippen molar-refractivity contribution in [2.75, 3.05) is 14.1 Å². The van der Waals surface area contributed by atoms with Crippen molar-refractivity contribution in [3.8, 4) is 0 Å².